The summed E-state index contributed by atoms with van der Waals surface area (Å²) in [5, 5.41) is 48.3. The third-order valence-electron chi connectivity index (χ3n) is 4.60. The van der Waals surface area contributed by atoms with Crippen LogP contribution in [-0.2, 0) is 0 Å². The molecule has 8 nitrogen and oxygen atoms in total. The Kier molecular flexibility index (Phi) is 6.21. The minimum atomic E-state index is -2.12. The Morgan fingerprint density at radius 1 is 0.931 bits per heavy atom. The lowest BCUT2D eigenvalue weighted by Gasteiger charge is -2.24. The fraction of sp³-hybridized carbons (Fsp3) is 0.238. The van der Waals surface area contributed by atoms with Crippen molar-refractivity contribution in [1.82, 2.24) is 0 Å². The van der Waals surface area contributed by atoms with Gasteiger partial charge in [-0.15, -0.1) is 0 Å². The highest BCUT2D eigenvalue weighted by Gasteiger charge is 2.35. The van der Waals surface area contributed by atoms with Crippen molar-refractivity contribution in [2.24, 2.45) is 0 Å². The monoisotopic (exact) mass is 400 g/mol. The molecule has 0 spiro atoms. The number of hydrogen-bond acceptors (Lipinski definition) is 8. The number of rotatable bonds is 7. The standard InChI is InChI=1S/C21H20O8/c22-10-15(24)18(26)20(28)19(27)17(25)13-8-4-7-12-14(23)9-16(29-21(12)13)11-5-2-1-3-6-11/h1-9,15,18-20,22,24,26-28H,10H2/t15-,18-,19+,20+/m1/s1. The van der Waals surface area contributed by atoms with Crippen LogP contribution in [-0.4, -0.2) is 62.3 Å². The molecule has 0 bridgehead atoms. The summed E-state index contributed by atoms with van der Waals surface area (Å²) in [5.74, 6) is -0.797. The second-order valence-electron chi connectivity index (χ2n) is 6.56. The van der Waals surface area contributed by atoms with Crippen LogP contribution in [0.15, 0.2) is 63.8 Å². The maximum Gasteiger partial charge on any atom is 0.197 e. The predicted octanol–water partition coefficient (Wildman–Crippen LogP) is 0.0786. The Morgan fingerprint density at radius 2 is 1.62 bits per heavy atom. The molecule has 0 aliphatic heterocycles. The molecule has 29 heavy (non-hydrogen) atoms. The molecular weight excluding hydrogens is 380 g/mol. The van der Waals surface area contributed by atoms with Gasteiger partial charge in [0.25, 0.3) is 0 Å². The van der Waals surface area contributed by atoms with E-state index in [1.165, 1.54) is 24.3 Å². The molecule has 5 N–H and O–H groups in total. The summed E-state index contributed by atoms with van der Waals surface area (Å²) in [7, 11) is 0. The van der Waals surface area contributed by atoms with E-state index in [9.17, 15) is 30.0 Å². The maximum atomic E-state index is 12.7. The van der Waals surface area contributed by atoms with E-state index in [0.717, 1.165) is 0 Å². The molecule has 0 saturated carbocycles. The average Bonchev–Trinajstić information content (AvgIpc) is 2.76. The number of para-hydroxylation sites is 1. The zero-order valence-electron chi connectivity index (χ0n) is 15.2. The first-order chi connectivity index (χ1) is 13.8. The van der Waals surface area contributed by atoms with Gasteiger partial charge >= 0.3 is 0 Å². The molecule has 1 heterocycles. The Labute approximate surface area is 164 Å². The average molecular weight is 400 g/mol. The Morgan fingerprint density at radius 3 is 2.28 bits per heavy atom. The van der Waals surface area contributed by atoms with Gasteiger partial charge in [-0.3, -0.25) is 9.59 Å². The molecular formula is C21H20O8. The number of aliphatic hydroxyl groups excluding tert-OH is 5. The summed E-state index contributed by atoms with van der Waals surface area (Å²) in [5.41, 5.74) is -0.0386. The van der Waals surface area contributed by atoms with Crippen molar-refractivity contribution in [1.29, 1.82) is 0 Å². The summed E-state index contributed by atoms with van der Waals surface area (Å²) in [6, 6.07) is 14.2. The van der Waals surface area contributed by atoms with Gasteiger partial charge in [-0.05, 0) is 12.1 Å². The Hall–Kier alpha value is -2.88. The van der Waals surface area contributed by atoms with Crippen molar-refractivity contribution in [2.45, 2.75) is 24.4 Å². The summed E-state index contributed by atoms with van der Waals surface area (Å²) in [6.07, 6.45) is -7.89. The second-order valence-corrected chi connectivity index (χ2v) is 6.56. The first kappa shape index (κ1) is 20.8. The van der Waals surface area contributed by atoms with Crippen LogP contribution < -0.4 is 5.43 Å². The minimum absolute atomic E-state index is 0.0766. The second kappa shape index (κ2) is 8.64. The maximum absolute atomic E-state index is 12.7. The van der Waals surface area contributed by atoms with Crippen molar-refractivity contribution in [3.05, 3.63) is 70.4 Å². The number of carbonyl (C=O) groups is 1. The van der Waals surface area contributed by atoms with Gasteiger partial charge in [0.05, 0.1) is 17.6 Å². The van der Waals surface area contributed by atoms with Crippen molar-refractivity contribution < 1.29 is 34.7 Å². The third kappa shape index (κ3) is 4.12. The molecule has 3 rings (SSSR count). The molecule has 4 atom stereocenters. The summed E-state index contributed by atoms with van der Waals surface area (Å²) < 4.78 is 5.77. The van der Waals surface area contributed by atoms with Crippen LogP contribution in [0.5, 0.6) is 0 Å². The van der Waals surface area contributed by atoms with Gasteiger partial charge in [0.1, 0.15) is 35.8 Å². The fourth-order valence-electron chi connectivity index (χ4n) is 2.95. The first-order valence-electron chi connectivity index (χ1n) is 8.84. The van der Waals surface area contributed by atoms with Crippen LogP contribution in [0, 0.1) is 0 Å². The van der Waals surface area contributed by atoms with Crippen LogP contribution in [0.4, 0.5) is 0 Å². The number of benzene rings is 2. The third-order valence-corrected chi connectivity index (χ3v) is 4.60. The van der Waals surface area contributed by atoms with Crippen molar-refractivity contribution in [2.75, 3.05) is 6.61 Å². The summed E-state index contributed by atoms with van der Waals surface area (Å²) in [6.45, 7) is -0.872. The van der Waals surface area contributed by atoms with E-state index in [-0.39, 0.29) is 22.3 Å². The summed E-state index contributed by atoms with van der Waals surface area (Å²) >= 11 is 0. The van der Waals surface area contributed by atoms with Gasteiger partial charge in [-0.1, -0.05) is 36.4 Å². The van der Waals surface area contributed by atoms with E-state index in [2.05, 4.69) is 0 Å². The Balaban J connectivity index is 2.06. The van der Waals surface area contributed by atoms with Crippen LogP contribution in [0.1, 0.15) is 10.4 Å². The number of ketones is 1. The molecule has 3 aromatic rings. The molecule has 0 fully saturated rings. The van der Waals surface area contributed by atoms with Gasteiger partial charge < -0.3 is 29.9 Å². The van der Waals surface area contributed by atoms with Crippen molar-refractivity contribution in [3.63, 3.8) is 0 Å². The largest absolute Gasteiger partial charge is 0.455 e. The quantitative estimate of drug-likeness (QED) is 0.350. The minimum Gasteiger partial charge on any atom is -0.455 e. The van der Waals surface area contributed by atoms with Crippen molar-refractivity contribution in [3.8, 4) is 11.3 Å². The van der Waals surface area contributed by atoms with E-state index >= 15 is 0 Å². The first-order valence-corrected chi connectivity index (χ1v) is 8.84. The van der Waals surface area contributed by atoms with E-state index in [4.69, 9.17) is 9.52 Å². The molecule has 2 aromatic carbocycles. The van der Waals surface area contributed by atoms with Gasteiger partial charge in [-0.25, -0.2) is 0 Å². The van der Waals surface area contributed by atoms with Crippen LogP contribution in [0.2, 0.25) is 0 Å². The van der Waals surface area contributed by atoms with E-state index < -0.39 is 42.2 Å². The lowest BCUT2D eigenvalue weighted by Crippen LogP contribution is -2.48. The number of carbonyl (C=O) groups excluding carboxylic acids is 1. The molecule has 0 amide bonds. The van der Waals surface area contributed by atoms with Crippen LogP contribution in [0.3, 0.4) is 0 Å². The number of fused-ring (bicyclic) bond motifs is 1. The van der Waals surface area contributed by atoms with Gasteiger partial charge in [0.2, 0.25) is 0 Å². The molecule has 0 unspecified atom stereocenters. The van der Waals surface area contributed by atoms with Gasteiger partial charge in [0, 0.05) is 11.6 Å². The Bertz CT molecular complexity index is 1060. The SMILES string of the molecule is O=C(c1cccc2c(=O)cc(-c3ccccc3)oc12)[C@H](O)[C@@H](O)[C@H](O)[C@H](O)CO. The van der Waals surface area contributed by atoms with E-state index in [0.29, 0.717) is 5.56 Å². The van der Waals surface area contributed by atoms with Gasteiger partial charge in [0.15, 0.2) is 11.2 Å². The van der Waals surface area contributed by atoms with Gasteiger partial charge in [-0.2, -0.15) is 0 Å². The highest BCUT2D eigenvalue weighted by atomic mass is 16.4. The van der Waals surface area contributed by atoms with Crippen LogP contribution >= 0.6 is 0 Å². The summed E-state index contributed by atoms with van der Waals surface area (Å²) in [4.78, 5) is 25.3. The molecule has 0 radical (unpaired) electrons. The van der Waals surface area contributed by atoms with Crippen molar-refractivity contribution >= 4 is 16.8 Å². The highest BCUT2D eigenvalue weighted by molar-refractivity contribution is 6.08. The zero-order chi connectivity index (χ0) is 21.1. The fourth-order valence-corrected chi connectivity index (χ4v) is 2.95. The zero-order valence-corrected chi connectivity index (χ0v) is 15.2. The lowest BCUT2D eigenvalue weighted by molar-refractivity contribution is -0.105. The number of Topliss-reactive ketones (excluding diaryl/α,β-unsaturated/α-hetero) is 1. The topological polar surface area (TPSA) is 148 Å². The smallest absolute Gasteiger partial charge is 0.197 e. The molecule has 152 valence electrons. The van der Waals surface area contributed by atoms with Crippen LogP contribution in [0.25, 0.3) is 22.3 Å². The van der Waals surface area contributed by atoms with E-state index in [1.807, 2.05) is 0 Å². The number of hydrogen-bond donors (Lipinski definition) is 5. The molecule has 1 aromatic heterocycles. The molecule has 0 aliphatic rings. The normalized spacial score (nSPS) is 15.6. The predicted molar refractivity (Wildman–Crippen MR) is 103 cm³/mol. The molecule has 0 saturated heterocycles. The number of aliphatic hydroxyl groups is 5. The highest BCUT2D eigenvalue weighted by Crippen LogP contribution is 2.25. The molecule has 0 aliphatic carbocycles. The van der Waals surface area contributed by atoms with E-state index in [1.54, 1.807) is 30.3 Å². The lowest BCUT2D eigenvalue weighted by atomic mass is 9.95. The molecule has 8 heteroatoms.